The maximum Gasteiger partial charge on any atom is 0.401 e. The Morgan fingerprint density at radius 1 is 1.27 bits per heavy atom. The number of carbonyl (C=O) groups is 1. The third kappa shape index (κ3) is 4.74. The van der Waals surface area contributed by atoms with Crippen LogP contribution in [0.5, 0.6) is 0 Å². The number of benzene rings is 1. The summed E-state index contributed by atoms with van der Waals surface area (Å²) >= 11 is 0. The normalized spacial score (nSPS) is 17.0. The van der Waals surface area contributed by atoms with E-state index in [-0.39, 0.29) is 11.9 Å². The summed E-state index contributed by atoms with van der Waals surface area (Å²) in [5.41, 5.74) is 0.911. The van der Waals surface area contributed by atoms with Crippen molar-refractivity contribution in [1.29, 1.82) is 5.26 Å². The summed E-state index contributed by atoms with van der Waals surface area (Å²) < 4.78 is 36.9. The van der Waals surface area contributed by atoms with Crippen molar-refractivity contribution in [2.45, 2.75) is 25.1 Å². The lowest BCUT2D eigenvalue weighted by molar-refractivity contribution is -0.148. The number of halogens is 3. The van der Waals surface area contributed by atoms with Gasteiger partial charge in [-0.05, 0) is 37.1 Å². The van der Waals surface area contributed by atoms with E-state index >= 15 is 0 Å². The highest BCUT2D eigenvalue weighted by Crippen LogP contribution is 2.20. The first-order valence-corrected chi connectivity index (χ1v) is 6.97. The maximum atomic E-state index is 12.3. The van der Waals surface area contributed by atoms with Crippen molar-refractivity contribution in [3.63, 3.8) is 0 Å². The summed E-state index contributed by atoms with van der Waals surface area (Å²) in [6.07, 6.45) is -3.19. The Hall–Kier alpha value is -2.07. The number of amides is 1. The summed E-state index contributed by atoms with van der Waals surface area (Å²) in [6, 6.07) is 8.09. The summed E-state index contributed by atoms with van der Waals surface area (Å²) in [7, 11) is 0. The molecule has 0 saturated carbocycles. The number of alkyl halides is 3. The van der Waals surface area contributed by atoms with Crippen molar-refractivity contribution in [3.05, 3.63) is 35.4 Å². The van der Waals surface area contributed by atoms with Crippen molar-refractivity contribution in [2.75, 3.05) is 19.6 Å². The molecule has 0 spiro atoms. The second-order valence-electron chi connectivity index (χ2n) is 5.33. The number of hydrogen-bond acceptors (Lipinski definition) is 3. The zero-order valence-corrected chi connectivity index (χ0v) is 11.9. The van der Waals surface area contributed by atoms with Gasteiger partial charge in [0.05, 0.1) is 18.2 Å². The molecule has 1 aromatic rings. The van der Waals surface area contributed by atoms with Gasteiger partial charge in [-0.3, -0.25) is 9.69 Å². The maximum absolute atomic E-state index is 12.3. The van der Waals surface area contributed by atoms with Gasteiger partial charge in [0.15, 0.2) is 0 Å². The average molecular weight is 311 g/mol. The topological polar surface area (TPSA) is 56.1 Å². The fourth-order valence-electron chi connectivity index (χ4n) is 2.45. The summed E-state index contributed by atoms with van der Waals surface area (Å²) in [6.45, 7) is -0.265. The van der Waals surface area contributed by atoms with Gasteiger partial charge in [0.25, 0.3) is 5.91 Å². The highest BCUT2D eigenvalue weighted by Gasteiger charge is 2.32. The third-order valence-corrected chi connectivity index (χ3v) is 3.60. The van der Waals surface area contributed by atoms with Crippen molar-refractivity contribution in [3.8, 4) is 6.07 Å². The minimum absolute atomic E-state index is 0.118. The zero-order valence-electron chi connectivity index (χ0n) is 11.9. The number of carbonyl (C=O) groups excluding carboxylic acids is 1. The molecule has 0 atom stereocenters. The van der Waals surface area contributed by atoms with E-state index in [0.717, 1.165) is 0 Å². The van der Waals surface area contributed by atoms with Gasteiger partial charge < -0.3 is 5.32 Å². The molecule has 2 rings (SSSR count). The number of piperidine rings is 1. The van der Waals surface area contributed by atoms with E-state index in [1.165, 1.54) is 4.90 Å². The third-order valence-electron chi connectivity index (χ3n) is 3.60. The Kier molecular flexibility index (Phi) is 5.03. The molecule has 4 nitrogen and oxygen atoms in total. The van der Waals surface area contributed by atoms with Crippen LogP contribution in [-0.2, 0) is 0 Å². The Morgan fingerprint density at radius 3 is 2.36 bits per heavy atom. The smallest absolute Gasteiger partial charge is 0.349 e. The van der Waals surface area contributed by atoms with Crippen LogP contribution in [0.25, 0.3) is 0 Å². The van der Waals surface area contributed by atoms with E-state index in [9.17, 15) is 18.0 Å². The number of hydrogen-bond donors (Lipinski definition) is 1. The molecule has 1 aliphatic heterocycles. The molecule has 1 heterocycles. The molecule has 1 amide bonds. The van der Waals surface area contributed by atoms with Crippen LogP contribution in [-0.4, -0.2) is 42.7 Å². The largest absolute Gasteiger partial charge is 0.401 e. The van der Waals surface area contributed by atoms with E-state index in [4.69, 9.17) is 5.26 Å². The van der Waals surface area contributed by atoms with Crippen molar-refractivity contribution >= 4 is 5.91 Å². The lowest BCUT2D eigenvalue weighted by Gasteiger charge is -2.32. The Bertz CT molecular complexity index is 555. The minimum atomic E-state index is -4.18. The van der Waals surface area contributed by atoms with Gasteiger partial charge in [0.1, 0.15) is 0 Å². The molecule has 1 aromatic carbocycles. The van der Waals surface area contributed by atoms with Crippen LogP contribution >= 0.6 is 0 Å². The fraction of sp³-hybridized carbons (Fsp3) is 0.467. The van der Waals surface area contributed by atoms with E-state index in [1.807, 2.05) is 6.07 Å². The molecule has 22 heavy (non-hydrogen) atoms. The highest BCUT2D eigenvalue weighted by molar-refractivity contribution is 5.94. The van der Waals surface area contributed by atoms with Gasteiger partial charge in [0, 0.05) is 24.7 Å². The van der Waals surface area contributed by atoms with Gasteiger partial charge >= 0.3 is 6.18 Å². The Balaban J connectivity index is 1.82. The molecule has 0 unspecified atom stereocenters. The summed E-state index contributed by atoms with van der Waals surface area (Å²) in [5, 5.41) is 11.5. The molecule has 0 radical (unpaired) electrons. The number of nitrogens with zero attached hydrogens (tertiary/aromatic N) is 2. The second-order valence-corrected chi connectivity index (χ2v) is 5.33. The van der Waals surface area contributed by atoms with Crippen LogP contribution in [0.4, 0.5) is 13.2 Å². The van der Waals surface area contributed by atoms with E-state index in [1.54, 1.807) is 24.3 Å². The molecule has 1 N–H and O–H groups in total. The number of nitriles is 1. The number of likely N-dealkylation sites (tertiary alicyclic amines) is 1. The van der Waals surface area contributed by atoms with Gasteiger partial charge in [0.2, 0.25) is 0 Å². The fourth-order valence-corrected chi connectivity index (χ4v) is 2.45. The van der Waals surface area contributed by atoms with Crippen molar-refractivity contribution in [1.82, 2.24) is 10.2 Å². The van der Waals surface area contributed by atoms with E-state index in [2.05, 4.69) is 5.32 Å². The van der Waals surface area contributed by atoms with Gasteiger partial charge in [-0.2, -0.15) is 18.4 Å². The van der Waals surface area contributed by atoms with Crippen molar-refractivity contribution in [2.24, 2.45) is 0 Å². The first-order valence-electron chi connectivity index (χ1n) is 6.97. The lowest BCUT2D eigenvalue weighted by atomic mass is 10.0. The molecule has 0 aromatic heterocycles. The highest BCUT2D eigenvalue weighted by atomic mass is 19.4. The molecular formula is C15H16F3N3O. The monoisotopic (exact) mass is 311 g/mol. The predicted octanol–water partition coefficient (Wildman–Crippen LogP) is 2.31. The minimum Gasteiger partial charge on any atom is -0.349 e. The molecule has 1 fully saturated rings. The van der Waals surface area contributed by atoms with Gasteiger partial charge in [-0.15, -0.1) is 0 Å². The summed E-state index contributed by atoms with van der Waals surface area (Å²) in [4.78, 5) is 13.4. The van der Waals surface area contributed by atoms with Gasteiger partial charge in [-0.1, -0.05) is 0 Å². The van der Waals surface area contributed by atoms with Crippen LogP contribution in [0, 0.1) is 11.3 Å². The van der Waals surface area contributed by atoms with Crippen molar-refractivity contribution < 1.29 is 18.0 Å². The molecule has 1 saturated heterocycles. The average Bonchev–Trinajstić information content (AvgIpc) is 2.48. The molecule has 118 valence electrons. The van der Waals surface area contributed by atoms with Gasteiger partial charge in [-0.25, -0.2) is 0 Å². The lowest BCUT2D eigenvalue weighted by Crippen LogP contribution is -2.47. The van der Waals surface area contributed by atoms with Crippen LogP contribution in [0.1, 0.15) is 28.8 Å². The summed E-state index contributed by atoms with van der Waals surface area (Å²) in [5.74, 6) is -0.265. The predicted molar refractivity (Wildman–Crippen MR) is 74.1 cm³/mol. The van der Waals surface area contributed by atoms with E-state index in [0.29, 0.717) is 37.1 Å². The SMILES string of the molecule is N#Cc1ccc(C(=O)NC2CCN(CC(F)(F)F)CC2)cc1. The van der Waals surface area contributed by atoms with E-state index < -0.39 is 12.7 Å². The van der Waals surface area contributed by atoms with Crippen LogP contribution in [0.3, 0.4) is 0 Å². The first kappa shape index (κ1) is 16.3. The molecule has 0 aliphatic carbocycles. The second kappa shape index (κ2) is 6.79. The molecule has 7 heteroatoms. The van der Waals surface area contributed by atoms with Crippen LogP contribution in [0.2, 0.25) is 0 Å². The Morgan fingerprint density at radius 2 is 1.86 bits per heavy atom. The molecular weight excluding hydrogens is 295 g/mol. The standard InChI is InChI=1S/C15H16F3N3O/c16-15(17,18)10-21-7-5-13(6-8-21)20-14(22)12-3-1-11(9-19)2-4-12/h1-4,13H,5-8,10H2,(H,20,22). The number of nitrogens with one attached hydrogen (secondary N) is 1. The van der Waals surface area contributed by atoms with Crippen LogP contribution < -0.4 is 5.32 Å². The first-order chi connectivity index (χ1) is 10.4. The quantitative estimate of drug-likeness (QED) is 0.932. The Labute approximate surface area is 126 Å². The van der Waals surface area contributed by atoms with Crippen LogP contribution in [0.15, 0.2) is 24.3 Å². The number of rotatable bonds is 3. The zero-order chi connectivity index (χ0) is 16.2. The molecule has 1 aliphatic rings. The molecule has 0 bridgehead atoms.